The van der Waals surface area contributed by atoms with Crippen molar-refractivity contribution in [2.75, 3.05) is 26.2 Å². The van der Waals surface area contributed by atoms with Gasteiger partial charge < -0.3 is 90.0 Å². The van der Waals surface area contributed by atoms with Gasteiger partial charge in [0, 0.05) is 115 Å². The molecule has 4 heterocycles. The van der Waals surface area contributed by atoms with Crippen LogP contribution in [0.25, 0.3) is 21.8 Å². The maximum Gasteiger partial charge on any atom is 0.252 e. The number of fused-ring (bicyclic) bond motifs is 2. The van der Waals surface area contributed by atoms with Gasteiger partial charge in [0.05, 0.1) is 12.9 Å². The van der Waals surface area contributed by atoms with E-state index >= 15 is 24.0 Å². The van der Waals surface area contributed by atoms with Crippen molar-refractivity contribution in [3.05, 3.63) is 160 Å². The summed E-state index contributed by atoms with van der Waals surface area (Å²) >= 11 is 12.4. The van der Waals surface area contributed by atoms with E-state index in [1.807, 2.05) is 6.07 Å². The van der Waals surface area contributed by atoms with E-state index in [0.717, 1.165) is 6.92 Å². The van der Waals surface area contributed by atoms with E-state index in [9.17, 15) is 38.7 Å². The van der Waals surface area contributed by atoms with Crippen molar-refractivity contribution in [3.63, 3.8) is 0 Å². The molecule has 0 bridgehead atoms. The SMILES string of the molecule is CC(=O)N[C@H](Cc1ccc(Cl)cc1)C(=O)N(C(C)=O)[C@H](Cc1ccc(Cl)cc1)C(=O)N[C@H](Cc1c[nH]c2ccccc12)C(=O)N[C@@H](CO)C(=O)N[C@@H](Cc1cnc[nH]1)C(=O)N[C@H](CCCNC(=N)N)C(=O)N[C@@H](Cc1c[nH]c2ccccc12)C(=O)N[C@@H](CCCCN)C(=O)N1CCC[C@H]1C(=O)N[C@H](C)C(N)=O. The normalized spacial score (nSPS) is 15.2. The Morgan fingerprint density at radius 3 is 1.63 bits per heavy atom. The number of nitrogens with one attached hydrogen (secondary N) is 13. The van der Waals surface area contributed by atoms with Crippen LogP contribution in [-0.4, -0.2) is 198 Å². The van der Waals surface area contributed by atoms with E-state index < -0.39 is 144 Å². The monoisotopic (exact) mass is 1510 g/mol. The lowest BCUT2D eigenvalue weighted by Gasteiger charge is -2.33. The second-order valence-electron chi connectivity index (χ2n) is 26.2. The van der Waals surface area contributed by atoms with E-state index in [4.69, 9.17) is 45.8 Å². The first-order valence-corrected chi connectivity index (χ1v) is 35.8. The predicted octanol–water partition coefficient (Wildman–Crippen LogP) is 0.715. The van der Waals surface area contributed by atoms with Gasteiger partial charge >= 0.3 is 0 Å². The van der Waals surface area contributed by atoms with Crippen LogP contribution in [0.5, 0.6) is 0 Å². The molecule has 3 aromatic heterocycles. The van der Waals surface area contributed by atoms with Gasteiger partial charge in [-0.25, -0.2) is 4.98 Å². The number of unbranched alkanes of at least 4 members (excludes halogenated alkanes) is 1. The number of hydrogen-bond donors (Lipinski definition) is 17. The average Bonchev–Trinajstić information content (AvgIpc) is 1.76. The number of imide groups is 1. The molecule has 4 aromatic carbocycles. The largest absolute Gasteiger partial charge is 0.394 e. The topological polar surface area (TPSA) is 502 Å². The fourth-order valence-electron chi connectivity index (χ4n) is 12.7. The van der Waals surface area contributed by atoms with Crippen LogP contribution >= 0.6 is 23.2 Å². The number of H-pyrrole nitrogens is 3. The molecule has 1 fully saturated rings. The molecule has 7 aromatic rings. The van der Waals surface area contributed by atoms with E-state index in [1.54, 1.807) is 91.3 Å². The first-order chi connectivity index (χ1) is 51.2. The van der Waals surface area contributed by atoms with Gasteiger partial charge in [0.1, 0.15) is 60.4 Å². The molecule has 1 aliphatic heterocycles. The maximum absolute atomic E-state index is 15.3. The highest BCUT2D eigenvalue weighted by Gasteiger charge is 2.42. The number of nitrogens with zero attached hydrogens (tertiary/aromatic N) is 3. The number of aromatic nitrogens is 4. The number of aliphatic hydroxyl groups excluding tert-OH is 1. The Hall–Kier alpha value is -11.2. The number of aromatic amines is 3. The number of rotatable bonds is 38. The first-order valence-electron chi connectivity index (χ1n) is 35.0. The van der Waals surface area contributed by atoms with Crippen LogP contribution in [0.1, 0.15) is 93.7 Å². The highest BCUT2D eigenvalue weighted by Crippen LogP contribution is 2.25. The van der Waals surface area contributed by atoms with Crippen LogP contribution in [0.4, 0.5) is 0 Å². The van der Waals surface area contributed by atoms with Crippen molar-refractivity contribution in [3.8, 4) is 0 Å². The highest BCUT2D eigenvalue weighted by atomic mass is 35.5. The molecular weight excluding hydrogens is 1420 g/mol. The van der Waals surface area contributed by atoms with Gasteiger partial charge in [0.25, 0.3) is 5.91 Å². The second kappa shape index (κ2) is 39.2. The van der Waals surface area contributed by atoms with Gasteiger partial charge in [-0.3, -0.25) is 67.8 Å². The number of guanidine groups is 1. The first kappa shape index (κ1) is 81.4. The van der Waals surface area contributed by atoms with Crippen molar-refractivity contribution < 1.29 is 62.6 Å². The van der Waals surface area contributed by atoms with Gasteiger partial charge in [-0.15, -0.1) is 0 Å². The summed E-state index contributed by atoms with van der Waals surface area (Å²) in [6.07, 6.45) is 6.06. The van der Waals surface area contributed by atoms with Crippen molar-refractivity contribution in [2.24, 2.45) is 17.2 Å². The third-order valence-electron chi connectivity index (χ3n) is 18.3. The molecule has 10 atom stereocenters. The molecule has 32 nitrogen and oxygen atoms in total. The molecular formula is C73H91Cl2N19O13. The number of carbonyl (C=O) groups excluding carboxylic acids is 12. The third kappa shape index (κ3) is 23.1. The second-order valence-corrected chi connectivity index (χ2v) is 27.1. The van der Waals surface area contributed by atoms with Crippen LogP contribution in [-0.2, 0) is 89.6 Å². The quantitative estimate of drug-likeness (QED) is 0.0144. The fourth-order valence-corrected chi connectivity index (χ4v) is 12.9. The third-order valence-corrected chi connectivity index (χ3v) is 18.8. The van der Waals surface area contributed by atoms with E-state index in [-0.39, 0.29) is 83.1 Å². The highest BCUT2D eigenvalue weighted by molar-refractivity contribution is 6.30. The van der Waals surface area contributed by atoms with Gasteiger partial charge in [-0.05, 0) is 117 Å². The van der Waals surface area contributed by atoms with Crippen molar-refractivity contribution in [1.82, 2.24) is 77.6 Å². The Morgan fingerprint density at radius 1 is 0.598 bits per heavy atom. The Labute approximate surface area is 626 Å². The number of hydrogen-bond acceptors (Lipinski definition) is 16. The summed E-state index contributed by atoms with van der Waals surface area (Å²) in [6.45, 7) is 2.96. The van der Waals surface area contributed by atoms with Crippen LogP contribution in [0.3, 0.4) is 0 Å². The molecule has 1 saturated heterocycles. The van der Waals surface area contributed by atoms with Crippen LogP contribution < -0.4 is 65.1 Å². The molecule has 20 N–H and O–H groups in total. The summed E-state index contributed by atoms with van der Waals surface area (Å²) < 4.78 is 0. The van der Waals surface area contributed by atoms with E-state index in [2.05, 4.69) is 67.8 Å². The Kier molecular flexibility index (Phi) is 29.9. The number of halogens is 2. The van der Waals surface area contributed by atoms with Crippen LogP contribution in [0.15, 0.2) is 122 Å². The number of aliphatic hydroxyl groups is 1. The summed E-state index contributed by atoms with van der Waals surface area (Å²) in [5, 5.41) is 44.9. The number of carbonyl (C=O) groups is 12. The fraction of sp³-hybridized carbons (Fsp3) is 0.397. The standard InChI is InChI=1S/C73H91Cl2N19O13/c1-40(63(77)98)85-69(104)61-18-11-29-93(61)71(106)55(16-8-9-27-76)88-65(100)56(32-45-35-82-52-14-6-4-12-50(45)52)89-64(99)54(17-10-28-81-73(78)79)87-67(102)58(34-49-37-80-39-84-49)90-68(103)60(38-95)92-66(101)57(33-46-36-83-53-15-7-5-13-51(46)53)91-70(105)62(31-44-21-25-48(75)26-22-44)94(42(3)97)72(107)59(86-41(2)96)30-43-19-23-47(74)24-20-43/h4-7,12-15,19-26,35-37,39-40,54-62,82-83,95H,8-11,16-18,27-34,38,76H2,1-3H3,(H2,77,98)(H,80,84)(H,85,104)(H,86,96)(H,87,102)(H,88,100)(H,89,99)(H,90,103)(H,91,105)(H,92,101)(H4,78,79,81)/t40-,54-,55+,56+,57-,58+,59-,60+,61+,62-/m1/s1. The summed E-state index contributed by atoms with van der Waals surface area (Å²) in [5.41, 5.74) is 20.6. The Balaban J connectivity index is 1.08. The summed E-state index contributed by atoms with van der Waals surface area (Å²) in [4.78, 5) is 187. The molecule has 34 heteroatoms. The van der Waals surface area contributed by atoms with E-state index in [1.165, 1.54) is 43.4 Å². The van der Waals surface area contributed by atoms with Gasteiger partial charge in [-0.1, -0.05) is 83.9 Å². The lowest BCUT2D eigenvalue weighted by molar-refractivity contribution is -0.153. The minimum atomic E-state index is -1.89. The smallest absolute Gasteiger partial charge is 0.252 e. The average molecular weight is 1510 g/mol. The zero-order valence-electron chi connectivity index (χ0n) is 59.3. The van der Waals surface area contributed by atoms with Gasteiger partial charge in [0.15, 0.2) is 5.96 Å². The van der Waals surface area contributed by atoms with Crippen molar-refractivity contribution in [2.45, 2.75) is 158 Å². The molecule has 8 rings (SSSR count). The molecule has 0 aliphatic carbocycles. The molecule has 1 aliphatic rings. The molecule has 570 valence electrons. The molecule has 0 spiro atoms. The van der Waals surface area contributed by atoms with Crippen LogP contribution in [0.2, 0.25) is 10.0 Å². The Morgan fingerprint density at radius 2 is 1.10 bits per heavy atom. The maximum atomic E-state index is 15.3. The number of imidazole rings is 1. The minimum Gasteiger partial charge on any atom is -0.394 e. The molecule has 0 unspecified atom stereocenters. The number of primary amides is 1. The zero-order valence-corrected chi connectivity index (χ0v) is 60.8. The lowest BCUT2D eigenvalue weighted by Crippen LogP contribution is -2.62. The van der Waals surface area contributed by atoms with Crippen molar-refractivity contribution >= 4 is 122 Å². The number of benzene rings is 4. The molecule has 0 radical (unpaired) electrons. The minimum absolute atomic E-state index is 0.0199. The molecule has 12 amide bonds. The lowest BCUT2D eigenvalue weighted by atomic mass is 9.99. The van der Waals surface area contributed by atoms with Gasteiger partial charge in [-0.2, -0.15) is 0 Å². The molecule has 107 heavy (non-hydrogen) atoms. The Bertz CT molecular complexity index is 4310. The number of para-hydroxylation sites is 2. The van der Waals surface area contributed by atoms with E-state index in [0.29, 0.717) is 78.3 Å². The number of amides is 12. The number of likely N-dealkylation sites (tertiary alicyclic amines) is 1. The predicted molar refractivity (Wildman–Crippen MR) is 398 cm³/mol. The van der Waals surface area contributed by atoms with Crippen LogP contribution in [0, 0.1) is 5.41 Å². The summed E-state index contributed by atoms with van der Waals surface area (Å²) in [6, 6.07) is 12.2. The zero-order chi connectivity index (χ0) is 77.4. The number of nitrogens with two attached hydrogens (primary N) is 3. The van der Waals surface area contributed by atoms with Gasteiger partial charge in [0.2, 0.25) is 65.0 Å². The summed E-state index contributed by atoms with van der Waals surface area (Å²) in [7, 11) is 0. The van der Waals surface area contributed by atoms with Crippen molar-refractivity contribution in [1.29, 1.82) is 5.41 Å². The summed E-state index contributed by atoms with van der Waals surface area (Å²) in [5.74, 6) is -10.9. The molecule has 0 saturated carbocycles.